The highest BCUT2D eigenvalue weighted by atomic mass is 79.9. The normalized spacial score (nSPS) is 32.6. The Morgan fingerprint density at radius 2 is 1.83 bits per heavy atom. The first-order valence-electron chi connectivity index (χ1n) is 7.11. The van der Waals surface area contributed by atoms with Crippen molar-refractivity contribution in [1.29, 1.82) is 0 Å². The second kappa shape index (κ2) is 6.23. The SMILES string of the molecule is CC1CN(S(=O)(=O)CC2CCCCC2)CCC1Br. The van der Waals surface area contributed by atoms with Crippen molar-refractivity contribution in [3.63, 3.8) is 0 Å². The Morgan fingerprint density at radius 3 is 2.44 bits per heavy atom. The summed E-state index contributed by atoms with van der Waals surface area (Å²) in [7, 11) is -3.03. The van der Waals surface area contributed by atoms with Gasteiger partial charge in [0.15, 0.2) is 0 Å². The molecule has 106 valence electrons. The van der Waals surface area contributed by atoms with Gasteiger partial charge in [0.1, 0.15) is 0 Å². The predicted octanol–water partition coefficient (Wildman–Crippen LogP) is 3.00. The number of piperidine rings is 1. The molecule has 1 aliphatic carbocycles. The molecule has 1 saturated carbocycles. The van der Waals surface area contributed by atoms with E-state index in [4.69, 9.17) is 0 Å². The van der Waals surface area contributed by atoms with Gasteiger partial charge in [0.2, 0.25) is 10.0 Å². The van der Waals surface area contributed by atoms with Gasteiger partial charge in [-0.15, -0.1) is 0 Å². The van der Waals surface area contributed by atoms with Crippen molar-refractivity contribution in [2.45, 2.75) is 50.3 Å². The van der Waals surface area contributed by atoms with Crippen molar-refractivity contribution in [2.75, 3.05) is 18.8 Å². The van der Waals surface area contributed by atoms with Gasteiger partial charge in [-0.1, -0.05) is 42.1 Å². The summed E-state index contributed by atoms with van der Waals surface area (Å²) in [5.41, 5.74) is 0. The molecule has 0 aromatic carbocycles. The van der Waals surface area contributed by atoms with Gasteiger partial charge in [0.05, 0.1) is 5.75 Å². The number of alkyl halides is 1. The van der Waals surface area contributed by atoms with E-state index in [1.54, 1.807) is 4.31 Å². The van der Waals surface area contributed by atoms with Crippen LogP contribution in [-0.4, -0.2) is 36.4 Å². The number of sulfonamides is 1. The first-order valence-corrected chi connectivity index (χ1v) is 9.63. The molecule has 2 rings (SSSR count). The molecule has 1 saturated heterocycles. The predicted molar refractivity (Wildman–Crippen MR) is 78.4 cm³/mol. The maximum Gasteiger partial charge on any atom is 0.214 e. The minimum Gasteiger partial charge on any atom is -0.212 e. The summed E-state index contributed by atoms with van der Waals surface area (Å²) in [5, 5.41) is 0. The van der Waals surface area contributed by atoms with E-state index in [9.17, 15) is 8.42 Å². The topological polar surface area (TPSA) is 37.4 Å². The van der Waals surface area contributed by atoms with Crippen molar-refractivity contribution >= 4 is 26.0 Å². The van der Waals surface area contributed by atoms with Crippen LogP contribution in [0.5, 0.6) is 0 Å². The fraction of sp³-hybridized carbons (Fsp3) is 1.00. The molecular formula is C13H24BrNO2S. The summed E-state index contributed by atoms with van der Waals surface area (Å²) in [6, 6.07) is 0. The highest BCUT2D eigenvalue weighted by Crippen LogP contribution is 2.29. The molecule has 1 aliphatic heterocycles. The highest BCUT2D eigenvalue weighted by Gasteiger charge is 2.33. The Morgan fingerprint density at radius 1 is 1.17 bits per heavy atom. The van der Waals surface area contributed by atoms with Crippen LogP contribution in [0.2, 0.25) is 0 Å². The van der Waals surface area contributed by atoms with E-state index >= 15 is 0 Å². The molecule has 0 N–H and O–H groups in total. The number of hydrogen-bond donors (Lipinski definition) is 0. The van der Waals surface area contributed by atoms with E-state index in [1.807, 2.05) is 0 Å². The zero-order valence-electron chi connectivity index (χ0n) is 11.1. The quantitative estimate of drug-likeness (QED) is 0.742. The molecule has 18 heavy (non-hydrogen) atoms. The number of hydrogen-bond acceptors (Lipinski definition) is 2. The fourth-order valence-electron chi connectivity index (χ4n) is 3.09. The lowest BCUT2D eigenvalue weighted by Gasteiger charge is -2.34. The van der Waals surface area contributed by atoms with Crippen LogP contribution >= 0.6 is 15.9 Å². The summed E-state index contributed by atoms with van der Waals surface area (Å²) in [6.07, 6.45) is 6.83. The minimum atomic E-state index is -3.03. The van der Waals surface area contributed by atoms with Crippen LogP contribution in [0.25, 0.3) is 0 Å². The first-order chi connectivity index (χ1) is 8.49. The van der Waals surface area contributed by atoms with Gasteiger partial charge >= 0.3 is 0 Å². The Kier molecular flexibility index (Phi) is 5.12. The van der Waals surface area contributed by atoms with E-state index in [-0.39, 0.29) is 0 Å². The molecule has 5 heteroatoms. The maximum absolute atomic E-state index is 12.4. The van der Waals surface area contributed by atoms with Crippen LogP contribution in [0.15, 0.2) is 0 Å². The fourth-order valence-corrected chi connectivity index (χ4v) is 5.45. The van der Waals surface area contributed by atoms with Gasteiger partial charge in [-0.25, -0.2) is 12.7 Å². The summed E-state index contributed by atoms with van der Waals surface area (Å²) >= 11 is 3.62. The van der Waals surface area contributed by atoms with E-state index in [2.05, 4.69) is 22.9 Å². The van der Waals surface area contributed by atoms with Crippen LogP contribution in [0.1, 0.15) is 45.4 Å². The van der Waals surface area contributed by atoms with Crippen LogP contribution < -0.4 is 0 Å². The molecule has 2 atom stereocenters. The zero-order chi connectivity index (χ0) is 13.2. The third-order valence-electron chi connectivity index (χ3n) is 4.33. The van der Waals surface area contributed by atoms with Gasteiger partial charge in [0, 0.05) is 17.9 Å². The monoisotopic (exact) mass is 337 g/mol. The average Bonchev–Trinajstić information content (AvgIpc) is 2.33. The lowest BCUT2D eigenvalue weighted by atomic mass is 9.91. The standard InChI is InChI=1S/C13H24BrNO2S/c1-11-9-15(8-7-13(11)14)18(16,17)10-12-5-3-2-4-6-12/h11-13H,2-10H2,1H3. The Bertz CT molecular complexity index is 365. The highest BCUT2D eigenvalue weighted by molar-refractivity contribution is 9.09. The first kappa shape index (κ1) is 14.8. The third kappa shape index (κ3) is 3.70. The van der Waals surface area contributed by atoms with Gasteiger partial charge < -0.3 is 0 Å². The molecule has 2 unspecified atom stereocenters. The second-order valence-electron chi connectivity index (χ2n) is 5.92. The second-order valence-corrected chi connectivity index (χ2v) is 9.11. The average molecular weight is 338 g/mol. The van der Waals surface area contributed by atoms with Crippen molar-refractivity contribution in [3.8, 4) is 0 Å². The van der Waals surface area contributed by atoms with Gasteiger partial charge in [0.25, 0.3) is 0 Å². The molecule has 0 radical (unpaired) electrons. The van der Waals surface area contributed by atoms with Crippen LogP contribution in [-0.2, 0) is 10.0 Å². The molecule has 0 aromatic rings. The van der Waals surface area contributed by atoms with Crippen molar-refractivity contribution in [2.24, 2.45) is 11.8 Å². The van der Waals surface area contributed by atoms with Crippen LogP contribution in [0.3, 0.4) is 0 Å². The molecular weight excluding hydrogens is 314 g/mol. The largest absolute Gasteiger partial charge is 0.214 e. The molecule has 0 spiro atoms. The van der Waals surface area contributed by atoms with Gasteiger partial charge in [-0.2, -0.15) is 0 Å². The lowest BCUT2D eigenvalue weighted by Crippen LogP contribution is -2.45. The molecule has 0 bridgehead atoms. The molecule has 3 nitrogen and oxygen atoms in total. The third-order valence-corrected chi connectivity index (χ3v) is 7.70. The van der Waals surface area contributed by atoms with Crippen molar-refractivity contribution in [1.82, 2.24) is 4.31 Å². The number of nitrogens with zero attached hydrogens (tertiary/aromatic N) is 1. The molecule has 0 amide bonds. The smallest absolute Gasteiger partial charge is 0.212 e. The molecule has 2 fully saturated rings. The van der Waals surface area contributed by atoms with Crippen molar-refractivity contribution in [3.05, 3.63) is 0 Å². The van der Waals surface area contributed by atoms with E-state index in [0.717, 1.165) is 19.3 Å². The van der Waals surface area contributed by atoms with E-state index in [1.165, 1.54) is 19.3 Å². The van der Waals surface area contributed by atoms with Gasteiger partial charge in [-0.05, 0) is 31.1 Å². The molecule has 1 heterocycles. The summed E-state index contributed by atoms with van der Waals surface area (Å²) in [5.74, 6) is 1.20. The van der Waals surface area contributed by atoms with E-state index < -0.39 is 10.0 Å². The Hall–Kier alpha value is 0.390. The molecule has 0 aromatic heterocycles. The molecule has 2 aliphatic rings. The van der Waals surface area contributed by atoms with E-state index in [0.29, 0.717) is 35.5 Å². The number of halogens is 1. The lowest BCUT2D eigenvalue weighted by molar-refractivity contribution is 0.286. The Balaban J connectivity index is 1.93. The van der Waals surface area contributed by atoms with Crippen LogP contribution in [0.4, 0.5) is 0 Å². The zero-order valence-corrected chi connectivity index (χ0v) is 13.5. The minimum absolute atomic E-state index is 0.382. The summed E-state index contributed by atoms with van der Waals surface area (Å²) in [4.78, 5) is 0.471. The van der Waals surface area contributed by atoms with Gasteiger partial charge in [-0.3, -0.25) is 0 Å². The van der Waals surface area contributed by atoms with Crippen LogP contribution in [0, 0.1) is 11.8 Å². The summed E-state index contributed by atoms with van der Waals surface area (Å²) in [6.45, 7) is 3.50. The summed E-state index contributed by atoms with van der Waals surface area (Å²) < 4.78 is 26.6. The Labute approximate surface area is 119 Å². The van der Waals surface area contributed by atoms with Crippen molar-refractivity contribution < 1.29 is 8.42 Å². The number of rotatable bonds is 3. The maximum atomic E-state index is 12.4.